The van der Waals surface area contributed by atoms with Crippen LogP contribution in [0.15, 0.2) is 17.2 Å². The third-order valence-corrected chi connectivity index (χ3v) is 4.77. The number of nitrogens with zero attached hydrogens (tertiary/aromatic N) is 4. The average molecular weight is 339 g/mol. The Morgan fingerprint density at radius 2 is 1.80 bits per heavy atom. The predicted octanol–water partition coefficient (Wildman–Crippen LogP) is 3.39. The molecule has 3 rings (SSSR count). The quantitative estimate of drug-likeness (QED) is 0.685. The van der Waals surface area contributed by atoms with Crippen molar-refractivity contribution in [3.8, 4) is 0 Å². The van der Waals surface area contributed by atoms with Crippen LogP contribution in [0.1, 0.15) is 70.7 Å². The Hall–Kier alpha value is -2.50. The molecule has 1 saturated carbocycles. The minimum absolute atomic E-state index is 0.145. The summed E-state index contributed by atoms with van der Waals surface area (Å²) < 4.78 is 2.41. The molecule has 0 saturated heterocycles. The highest BCUT2D eigenvalue weighted by Crippen LogP contribution is 2.32. The van der Waals surface area contributed by atoms with Gasteiger partial charge >= 0.3 is 5.91 Å². The number of amides is 1. The van der Waals surface area contributed by atoms with Crippen molar-refractivity contribution in [2.45, 2.75) is 59.4 Å². The molecule has 1 fully saturated rings. The number of nitrogens with one attached hydrogen (secondary N) is 1. The fraction of sp³-hybridized carbons (Fsp3) is 0.474. The van der Waals surface area contributed by atoms with Gasteiger partial charge in [-0.3, -0.25) is 4.79 Å². The van der Waals surface area contributed by atoms with Crippen molar-refractivity contribution in [1.29, 1.82) is 0 Å². The minimum atomic E-state index is -0.396. The summed E-state index contributed by atoms with van der Waals surface area (Å²) >= 11 is 0. The highest BCUT2D eigenvalue weighted by molar-refractivity contribution is 5.91. The van der Waals surface area contributed by atoms with E-state index < -0.39 is 5.91 Å². The van der Waals surface area contributed by atoms with Crippen LogP contribution in [0, 0.1) is 27.7 Å². The van der Waals surface area contributed by atoms with Crippen molar-refractivity contribution >= 4 is 12.1 Å². The summed E-state index contributed by atoms with van der Waals surface area (Å²) in [6.07, 6.45) is 6.80. The van der Waals surface area contributed by atoms with E-state index in [1.807, 2.05) is 19.9 Å². The van der Waals surface area contributed by atoms with Gasteiger partial charge in [-0.25, -0.2) is 15.4 Å². The molecule has 1 aliphatic carbocycles. The SMILES string of the molecule is Cc1cc(C)nc(C(=O)N/N=C\c2cc(C)n(C3CCCC3)c2C)n1. The molecule has 0 spiro atoms. The van der Waals surface area contributed by atoms with Crippen molar-refractivity contribution < 1.29 is 4.79 Å². The lowest BCUT2D eigenvalue weighted by molar-refractivity contribution is 0.0944. The number of aromatic nitrogens is 3. The second-order valence-electron chi connectivity index (χ2n) is 6.81. The fourth-order valence-corrected chi connectivity index (χ4v) is 3.70. The van der Waals surface area contributed by atoms with E-state index in [0.717, 1.165) is 17.0 Å². The zero-order valence-electron chi connectivity index (χ0n) is 15.3. The highest BCUT2D eigenvalue weighted by Gasteiger charge is 2.20. The van der Waals surface area contributed by atoms with Gasteiger partial charge in [-0.1, -0.05) is 12.8 Å². The van der Waals surface area contributed by atoms with Gasteiger partial charge in [0.2, 0.25) is 5.82 Å². The van der Waals surface area contributed by atoms with Crippen molar-refractivity contribution in [2.24, 2.45) is 5.10 Å². The molecule has 1 amide bonds. The zero-order chi connectivity index (χ0) is 18.0. The molecule has 6 heteroatoms. The van der Waals surface area contributed by atoms with Gasteiger partial charge in [0.05, 0.1) is 6.21 Å². The van der Waals surface area contributed by atoms with Crippen molar-refractivity contribution in [3.05, 3.63) is 46.3 Å². The molecule has 0 bridgehead atoms. The van der Waals surface area contributed by atoms with E-state index in [2.05, 4.69) is 45.0 Å². The molecule has 6 nitrogen and oxygen atoms in total. The summed E-state index contributed by atoms with van der Waals surface area (Å²) in [5.41, 5.74) is 7.53. The van der Waals surface area contributed by atoms with E-state index in [1.54, 1.807) is 6.21 Å². The molecule has 2 heterocycles. The number of aryl methyl sites for hydroxylation is 3. The van der Waals surface area contributed by atoms with Crippen LogP contribution >= 0.6 is 0 Å². The Labute approximate surface area is 148 Å². The summed E-state index contributed by atoms with van der Waals surface area (Å²) in [5, 5.41) is 4.10. The van der Waals surface area contributed by atoms with E-state index in [9.17, 15) is 4.79 Å². The number of hydrogen-bond donors (Lipinski definition) is 1. The second kappa shape index (κ2) is 7.17. The van der Waals surface area contributed by atoms with Gasteiger partial charge in [0, 0.05) is 34.4 Å². The molecule has 0 aromatic carbocycles. The Bertz CT molecular complexity index is 795. The van der Waals surface area contributed by atoms with Gasteiger partial charge in [0.15, 0.2) is 0 Å². The molecule has 1 aliphatic rings. The molecule has 1 N–H and O–H groups in total. The van der Waals surface area contributed by atoms with Crippen LogP contribution in [0.25, 0.3) is 0 Å². The zero-order valence-corrected chi connectivity index (χ0v) is 15.3. The fourth-order valence-electron chi connectivity index (χ4n) is 3.70. The first-order valence-electron chi connectivity index (χ1n) is 8.80. The first kappa shape index (κ1) is 17.3. The largest absolute Gasteiger partial charge is 0.345 e. The number of carbonyl (C=O) groups excluding carboxylic acids is 1. The van der Waals surface area contributed by atoms with Crippen LogP contribution in [0.3, 0.4) is 0 Å². The highest BCUT2D eigenvalue weighted by atomic mass is 16.2. The molecule has 2 aromatic rings. The van der Waals surface area contributed by atoms with E-state index in [0.29, 0.717) is 6.04 Å². The molecule has 2 aromatic heterocycles. The number of carbonyl (C=O) groups is 1. The van der Waals surface area contributed by atoms with Gasteiger partial charge in [0.1, 0.15) is 0 Å². The van der Waals surface area contributed by atoms with Gasteiger partial charge in [-0.05, 0) is 52.7 Å². The maximum Gasteiger partial charge on any atom is 0.309 e. The molecular weight excluding hydrogens is 314 g/mol. The lowest BCUT2D eigenvalue weighted by Crippen LogP contribution is -2.21. The normalized spacial score (nSPS) is 15.2. The van der Waals surface area contributed by atoms with E-state index >= 15 is 0 Å². The van der Waals surface area contributed by atoms with Gasteiger partial charge in [0.25, 0.3) is 0 Å². The summed E-state index contributed by atoms with van der Waals surface area (Å²) in [5.74, 6) is -0.251. The van der Waals surface area contributed by atoms with E-state index in [4.69, 9.17) is 0 Å². The minimum Gasteiger partial charge on any atom is -0.345 e. The summed E-state index contributed by atoms with van der Waals surface area (Å²) in [6, 6.07) is 4.55. The van der Waals surface area contributed by atoms with Crippen LogP contribution in [0.4, 0.5) is 0 Å². The van der Waals surface area contributed by atoms with E-state index in [1.165, 1.54) is 37.1 Å². The van der Waals surface area contributed by atoms with Crippen molar-refractivity contribution in [3.63, 3.8) is 0 Å². The van der Waals surface area contributed by atoms with Crippen LogP contribution in [0.2, 0.25) is 0 Å². The van der Waals surface area contributed by atoms with Crippen molar-refractivity contribution in [1.82, 2.24) is 20.0 Å². The molecule has 0 aliphatic heterocycles. The first-order chi connectivity index (χ1) is 12.0. The molecule has 25 heavy (non-hydrogen) atoms. The van der Waals surface area contributed by atoms with Crippen molar-refractivity contribution in [2.75, 3.05) is 0 Å². The lowest BCUT2D eigenvalue weighted by Gasteiger charge is -2.17. The lowest BCUT2D eigenvalue weighted by atomic mass is 10.2. The molecule has 0 unspecified atom stereocenters. The summed E-state index contributed by atoms with van der Waals surface area (Å²) in [7, 11) is 0. The monoisotopic (exact) mass is 339 g/mol. The van der Waals surface area contributed by atoms with Crippen LogP contribution < -0.4 is 5.43 Å². The Morgan fingerprint density at radius 3 is 2.44 bits per heavy atom. The Balaban J connectivity index is 1.72. The average Bonchev–Trinajstić information content (AvgIpc) is 3.15. The van der Waals surface area contributed by atoms with Crippen LogP contribution in [-0.2, 0) is 0 Å². The van der Waals surface area contributed by atoms with Gasteiger partial charge in [-0.2, -0.15) is 5.10 Å². The van der Waals surface area contributed by atoms with Gasteiger partial charge in [-0.15, -0.1) is 0 Å². The van der Waals surface area contributed by atoms with Crippen LogP contribution in [-0.4, -0.2) is 26.7 Å². The summed E-state index contributed by atoms with van der Waals surface area (Å²) in [4.78, 5) is 20.4. The topological polar surface area (TPSA) is 72.2 Å². The number of hydrazone groups is 1. The first-order valence-corrected chi connectivity index (χ1v) is 8.80. The van der Waals surface area contributed by atoms with E-state index in [-0.39, 0.29) is 5.82 Å². The molecular formula is C19H25N5O. The maximum atomic E-state index is 12.2. The third-order valence-electron chi connectivity index (χ3n) is 4.77. The Kier molecular flexibility index (Phi) is 4.97. The maximum absolute atomic E-state index is 12.2. The summed E-state index contributed by atoms with van der Waals surface area (Å²) in [6.45, 7) is 7.92. The predicted molar refractivity (Wildman–Crippen MR) is 98.0 cm³/mol. The standard InChI is InChI=1S/C19H25N5O/c1-12-9-13(2)22-18(21-12)19(25)23-20-11-16-10-14(3)24(15(16)4)17-7-5-6-8-17/h9-11,17H,5-8H2,1-4H3,(H,23,25)/b20-11-. The van der Waals surface area contributed by atoms with Gasteiger partial charge < -0.3 is 4.57 Å². The molecule has 0 atom stereocenters. The molecule has 132 valence electrons. The Morgan fingerprint density at radius 1 is 1.16 bits per heavy atom. The molecule has 0 radical (unpaired) electrons. The third kappa shape index (κ3) is 3.78. The smallest absolute Gasteiger partial charge is 0.309 e. The number of hydrogen-bond acceptors (Lipinski definition) is 4. The van der Waals surface area contributed by atoms with Crippen LogP contribution in [0.5, 0.6) is 0 Å². The second-order valence-corrected chi connectivity index (χ2v) is 6.81. The number of rotatable bonds is 4.